The van der Waals surface area contributed by atoms with Gasteiger partial charge in [0.1, 0.15) is 17.8 Å². The molecule has 0 spiro atoms. The van der Waals surface area contributed by atoms with Gasteiger partial charge >= 0.3 is 0 Å². The predicted octanol–water partition coefficient (Wildman–Crippen LogP) is 1.80. The van der Waals surface area contributed by atoms with Gasteiger partial charge in [-0.25, -0.2) is 18.7 Å². The van der Waals surface area contributed by atoms with Crippen LogP contribution in [0, 0.1) is 0 Å². The van der Waals surface area contributed by atoms with E-state index < -0.39 is 12.5 Å². The highest BCUT2D eigenvalue weighted by atomic mass is 19.3. The molecule has 1 fully saturated rings. The molecule has 3 rings (SSSR count). The molecule has 0 bridgehead atoms. The van der Waals surface area contributed by atoms with E-state index in [4.69, 9.17) is 0 Å². The zero-order valence-electron chi connectivity index (χ0n) is 8.40. The van der Waals surface area contributed by atoms with Gasteiger partial charge < -0.3 is 9.88 Å². The van der Waals surface area contributed by atoms with Crippen LogP contribution in [0.4, 0.5) is 14.6 Å². The van der Waals surface area contributed by atoms with Gasteiger partial charge in [0.05, 0.1) is 11.4 Å². The zero-order chi connectivity index (χ0) is 11.1. The number of hydrogen-bond acceptors (Lipinski definition) is 3. The van der Waals surface area contributed by atoms with Gasteiger partial charge in [0.15, 0.2) is 0 Å². The van der Waals surface area contributed by atoms with Crippen molar-refractivity contribution in [3.05, 3.63) is 18.6 Å². The first kappa shape index (κ1) is 9.50. The molecule has 2 aromatic heterocycles. The molecule has 4 nitrogen and oxygen atoms in total. The highest BCUT2D eigenvalue weighted by molar-refractivity contribution is 5.87. The summed E-state index contributed by atoms with van der Waals surface area (Å²) in [7, 11) is 0. The summed E-state index contributed by atoms with van der Waals surface area (Å²) in [5.41, 5.74) is 0.685. The number of halogens is 2. The molecular formula is C10H10F2N4. The number of nitrogens with zero attached hydrogens (tertiary/aromatic N) is 3. The van der Waals surface area contributed by atoms with Gasteiger partial charge in [0.25, 0.3) is 6.43 Å². The van der Waals surface area contributed by atoms with Crippen molar-refractivity contribution in [3.8, 4) is 0 Å². The molecule has 1 aliphatic rings. The minimum absolute atomic E-state index is 0.521. The third-order valence-electron chi connectivity index (χ3n) is 2.96. The zero-order valence-corrected chi connectivity index (χ0v) is 8.40. The Bertz CT molecular complexity index is 510. The number of nitrogens with one attached hydrogen (secondary N) is 1. The minimum atomic E-state index is -2.32. The summed E-state index contributed by atoms with van der Waals surface area (Å²) in [6.45, 7) is 0.631. The lowest BCUT2D eigenvalue weighted by atomic mass is 10.0. The molecule has 16 heavy (non-hydrogen) atoms. The van der Waals surface area contributed by atoms with Gasteiger partial charge in [-0.05, 0) is 12.5 Å². The van der Waals surface area contributed by atoms with E-state index in [0.29, 0.717) is 24.4 Å². The second-order valence-electron chi connectivity index (χ2n) is 3.82. The van der Waals surface area contributed by atoms with E-state index in [1.807, 2.05) is 6.07 Å². The first-order valence-electron chi connectivity index (χ1n) is 5.10. The maximum atomic E-state index is 12.6. The molecule has 1 aliphatic heterocycles. The van der Waals surface area contributed by atoms with Crippen LogP contribution in [0.25, 0.3) is 11.0 Å². The number of rotatable bonds is 2. The molecule has 2 aromatic rings. The van der Waals surface area contributed by atoms with Crippen molar-refractivity contribution < 1.29 is 8.78 Å². The Hall–Kier alpha value is -1.72. The quantitative estimate of drug-likeness (QED) is 0.846. The van der Waals surface area contributed by atoms with Crippen LogP contribution < -0.4 is 4.90 Å². The number of hydrogen-bond donors (Lipinski definition) is 1. The van der Waals surface area contributed by atoms with Crippen LogP contribution in [0.3, 0.4) is 0 Å². The van der Waals surface area contributed by atoms with Crippen LogP contribution in [0.2, 0.25) is 0 Å². The van der Waals surface area contributed by atoms with Gasteiger partial charge in [-0.1, -0.05) is 0 Å². The standard InChI is InChI=1S/C10H10F2N4/c11-8(12)7-2-4-16(7)10-6-1-3-13-9(6)14-5-15-10/h1,3,5,7-8H,2,4H2,(H,13,14,15). The largest absolute Gasteiger partial charge is 0.347 e. The lowest BCUT2D eigenvalue weighted by molar-refractivity contribution is 0.0874. The predicted molar refractivity (Wildman–Crippen MR) is 55.6 cm³/mol. The van der Waals surface area contributed by atoms with Gasteiger partial charge in [-0.2, -0.15) is 0 Å². The molecule has 1 saturated heterocycles. The van der Waals surface area contributed by atoms with E-state index in [1.54, 1.807) is 11.1 Å². The minimum Gasteiger partial charge on any atom is -0.347 e. The first-order chi connectivity index (χ1) is 7.77. The molecule has 1 N–H and O–H groups in total. The highest BCUT2D eigenvalue weighted by Crippen LogP contribution is 2.32. The van der Waals surface area contributed by atoms with Crippen molar-refractivity contribution in [2.24, 2.45) is 0 Å². The maximum absolute atomic E-state index is 12.6. The van der Waals surface area contributed by atoms with Crippen LogP contribution in [0.15, 0.2) is 18.6 Å². The Morgan fingerprint density at radius 2 is 2.31 bits per heavy atom. The SMILES string of the molecule is FC(F)C1CCN1c1ncnc2[nH]ccc12. The number of aromatic amines is 1. The fraction of sp³-hybridized carbons (Fsp3) is 0.400. The van der Waals surface area contributed by atoms with E-state index >= 15 is 0 Å². The summed E-state index contributed by atoms with van der Waals surface area (Å²) in [6.07, 6.45) is 1.33. The lowest BCUT2D eigenvalue weighted by Gasteiger charge is -2.41. The Kier molecular flexibility index (Phi) is 2.02. The molecular weight excluding hydrogens is 214 g/mol. The number of aromatic nitrogens is 3. The van der Waals surface area contributed by atoms with Crippen molar-refractivity contribution in [3.63, 3.8) is 0 Å². The van der Waals surface area contributed by atoms with Gasteiger partial charge in [0.2, 0.25) is 0 Å². The second kappa shape index (κ2) is 3.40. The lowest BCUT2D eigenvalue weighted by Crippen LogP contribution is -2.52. The van der Waals surface area contributed by atoms with E-state index in [1.165, 1.54) is 6.33 Å². The number of anilines is 1. The van der Waals surface area contributed by atoms with Crippen LogP contribution in [-0.4, -0.2) is 34.0 Å². The normalized spacial score (nSPS) is 20.4. The van der Waals surface area contributed by atoms with Crippen molar-refractivity contribution in [2.75, 3.05) is 11.4 Å². The number of H-pyrrole nitrogens is 1. The fourth-order valence-corrected chi connectivity index (χ4v) is 2.02. The van der Waals surface area contributed by atoms with E-state index in [2.05, 4.69) is 15.0 Å². The monoisotopic (exact) mass is 224 g/mol. The van der Waals surface area contributed by atoms with Gasteiger partial charge in [-0.15, -0.1) is 0 Å². The third kappa shape index (κ3) is 1.26. The van der Waals surface area contributed by atoms with Crippen molar-refractivity contribution in [1.29, 1.82) is 0 Å². The van der Waals surface area contributed by atoms with E-state index in [-0.39, 0.29) is 0 Å². The molecule has 6 heteroatoms. The van der Waals surface area contributed by atoms with Crippen molar-refractivity contribution in [1.82, 2.24) is 15.0 Å². The summed E-state index contributed by atoms with van der Waals surface area (Å²) in [5.74, 6) is 0.600. The topological polar surface area (TPSA) is 44.8 Å². The summed E-state index contributed by atoms with van der Waals surface area (Å²) < 4.78 is 25.3. The number of fused-ring (bicyclic) bond motifs is 1. The van der Waals surface area contributed by atoms with Gasteiger partial charge in [0, 0.05) is 12.7 Å². The molecule has 3 heterocycles. The molecule has 0 saturated carbocycles. The molecule has 0 radical (unpaired) electrons. The molecule has 0 aromatic carbocycles. The molecule has 1 atom stereocenters. The fourth-order valence-electron chi connectivity index (χ4n) is 2.02. The average molecular weight is 224 g/mol. The maximum Gasteiger partial charge on any atom is 0.258 e. The molecule has 1 unspecified atom stereocenters. The Morgan fingerprint density at radius 3 is 3.00 bits per heavy atom. The summed E-state index contributed by atoms with van der Waals surface area (Å²) in [6, 6.07) is 1.11. The van der Waals surface area contributed by atoms with Crippen molar-refractivity contribution >= 4 is 16.9 Å². The first-order valence-corrected chi connectivity index (χ1v) is 5.10. The van der Waals surface area contributed by atoms with E-state index in [9.17, 15) is 8.78 Å². The molecule has 0 amide bonds. The molecule has 0 aliphatic carbocycles. The molecule has 84 valence electrons. The average Bonchev–Trinajstić information content (AvgIpc) is 2.63. The Morgan fingerprint density at radius 1 is 1.44 bits per heavy atom. The van der Waals surface area contributed by atoms with Crippen LogP contribution in [-0.2, 0) is 0 Å². The van der Waals surface area contributed by atoms with Crippen molar-refractivity contribution in [2.45, 2.75) is 18.9 Å². The smallest absolute Gasteiger partial charge is 0.258 e. The third-order valence-corrected chi connectivity index (χ3v) is 2.96. The van der Waals surface area contributed by atoms with Crippen LogP contribution in [0.1, 0.15) is 6.42 Å². The summed E-state index contributed by atoms with van der Waals surface area (Å²) in [5, 5.41) is 0.799. The summed E-state index contributed by atoms with van der Waals surface area (Å²) >= 11 is 0. The Balaban J connectivity index is 2.03. The summed E-state index contributed by atoms with van der Waals surface area (Å²) in [4.78, 5) is 12.7. The highest BCUT2D eigenvalue weighted by Gasteiger charge is 2.37. The Labute approximate surface area is 90.3 Å². The van der Waals surface area contributed by atoms with E-state index in [0.717, 1.165) is 5.39 Å². The van der Waals surface area contributed by atoms with Crippen LogP contribution in [0.5, 0.6) is 0 Å². The second-order valence-corrected chi connectivity index (χ2v) is 3.82. The number of alkyl halides is 2. The van der Waals surface area contributed by atoms with Gasteiger partial charge in [-0.3, -0.25) is 0 Å². The van der Waals surface area contributed by atoms with Crippen LogP contribution >= 0.6 is 0 Å².